The van der Waals surface area contributed by atoms with E-state index < -0.39 is 11.6 Å². The molecule has 0 aliphatic carbocycles. The van der Waals surface area contributed by atoms with Gasteiger partial charge in [-0.3, -0.25) is 10.3 Å². The Morgan fingerprint density at radius 1 is 1.41 bits per heavy atom. The van der Waals surface area contributed by atoms with Crippen molar-refractivity contribution in [1.82, 2.24) is 5.32 Å². The summed E-state index contributed by atoms with van der Waals surface area (Å²) in [7, 11) is 0. The van der Waals surface area contributed by atoms with Gasteiger partial charge in [-0.1, -0.05) is 53.9 Å². The van der Waals surface area contributed by atoms with E-state index in [9.17, 15) is 8.78 Å². The molecule has 1 aromatic carbocycles. The van der Waals surface area contributed by atoms with Crippen molar-refractivity contribution in [3.05, 3.63) is 46.0 Å². The Labute approximate surface area is 143 Å². The van der Waals surface area contributed by atoms with E-state index in [0.29, 0.717) is 5.92 Å². The van der Waals surface area contributed by atoms with E-state index in [-0.39, 0.29) is 23.8 Å². The Balaban J connectivity index is 2.51. The van der Waals surface area contributed by atoms with Crippen molar-refractivity contribution in [3.8, 4) is 0 Å². The summed E-state index contributed by atoms with van der Waals surface area (Å²) >= 11 is 8.99. The van der Waals surface area contributed by atoms with Crippen LogP contribution in [0.2, 0.25) is 5.02 Å². The second-order valence-corrected chi connectivity index (χ2v) is 6.00. The molecule has 0 saturated heterocycles. The molecule has 0 fully saturated rings. The van der Waals surface area contributed by atoms with Gasteiger partial charge in [0.05, 0.1) is 6.67 Å². The molecule has 0 spiro atoms. The minimum Gasteiger partial charge on any atom is -0.294 e. The maximum absolute atomic E-state index is 13.6. The molecule has 0 heterocycles. The number of allylic oxidation sites excluding steroid dienone is 2. The van der Waals surface area contributed by atoms with Crippen LogP contribution in [0, 0.1) is 17.6 Å². The van der Waals surface area contributed by atoms with Gasteiger partial charge in [0.2, 0.25) is 0 Å². The van der Waals surface area contributed by atoms with E-state index >= 15 is 0 Å². The van der Waals surface area contributed by atoms with Gasteiger partial charge in [-0.25, -0.2) is 8.78 Å². The molecule has 1 atom stereocenters. The van der Waals surface area contributed by atoms with Crippen LogP contribution in [-0.2, 0) is 6.54 Å². The normalized spacial score (nSPS) is 13.8. The van der Waals surface area contributed by atoms with Crippen LogP contribution in [0.5, 0.6) is 0 Å². The van der Waals surface area contributed by atoms with Crippen LogP contribution >= 0.6 is 27.5 Å². The van der Waals surface area contributed by atoms with Gasteiger partial charge in [0.1, 0.15) is 11.6 Å². The second kappa shape index (κ2) is 10.1. The molecule has 6 heteroatoms. The number of rotatable bonds is 8. The maximum atomic E-state index is 13.6. The molecule has 122 valence electrons. The number of alkyl halides is 1. The van der Waals surface area contributed by atoms with Crippen LogP contribution in [0.15, 0.2) is 28.8 Å². The van der Waals surface area contributed by atoms with Gasteiger partial charge < -0.3 is 0 Å². The fourth-order valence-corrected chi connectivity index (χ4v) is 2.28. The molecule has 0 amide bonds. The first kappa shape index (κ1) is 19.3. The molecule has 1 rings (SSSR count). The highest BCUT2D eigenvalue weighted by Gasteiger charge is 2.09. The quantitative estimate of drug-likeness (QED) is 0.371. The van der Waals surface area contributed by atoms with Crippen molar-refractivity contribution in [2.45, 2.75) is 26.8 Å². The van der Waals surface area contributed by atoms with Crippen molar-refractivity contribution in [3.63, 3.8) is 0 Å². The summed E-state index contributed by atoms with van der Waals surface area (Å²) in [5.74, 6) is -0.817. The predicted molar refractivity (Wildman–Crippen MR) is 92.9 cm³/mol. The number of nitrogens with one attached hydrogen (secondary N) is 1. The molecule has 0 bridgehead atoms. The zero-order valence-corrected chi connectivity index (χ0v) is 15.0. The van der Waals surface area contributed by atoms with Gasteiger partial charge in [0, 0.05) is 28.7 Å². The minimum absolute atomic E-state index is 0.0320. The topological polar surface area (TPSA) is 24.4 Å². The monoisotopic (exact) mass is 392 g/mol. The highest BCUT2D eigenvalue weighted by atomic mass is 79.9. The summed E-state index contributed by atoms with van der Waals surface area (Å²) in [6.07, 6.45) is 4.98. The lowest BCUT2D eigenvalue weighted by molar-refractivity contribution is 0.538. The first-order chi connectivity index (χ1) is 10.5. The number of benzene rings is 1. The minimum atomic E-state index is -0.653. The van der Waals surface area contributed by atoms with E-state index in [1.54, 1.807) is 6.21 Å². The Morgan fingerprint density at radius 3 is 2.59 bits per heavy atom. The molecule has 0 aliphatic rings. The Bertz CT molecular complexity index is 524. The van der Waals surface area contributed by atoms with Gasteiger partial charge >= 0.3 is 0 Å². The molecule has 1 aromatic rings. The summed E-state index contributed by atoms with van der Waals surface area (Å²) < 4.78 is 27.1. The average molecular weight is 394 g/mol. The third kappa shape index (κ3) is 6.55. The number of halogens is 4. The maximum Gasteiger partial charge on any atom is 0.132 e. The third-order valence-corrected chi connectivity index (χ3v) is 4.03. The van der Waals surface area contributed by atoms with Gasteiger partial charge in [-0.15, -0.1) is 0 Å². The highest BCUT2D eigenvalue weighted by Crippen LogP contribution is 2.18. The molecule has 0 saturated carbocycles. The Kier molecular flexibility index (Phi) is 8.83. The zero-order valence-electron chi connectivity index (χ0n) is 12.7. The number of hydrogen-bond acceptors (Lipinski definition) is 2. The first-order valence-electron chi connectivity index (χ1n) is 7.08. The molecule has 1 N–H and O–H groups in total. The zero-order chi connectivity index (χ0) is 16.5. The van der Waals surface area contributed by atoms with Crippen molar-refractivity contribution in [2.24, 2.45) is 10.9 Å². The van der Waals surface area contributed by atoms with Gasteiger partial charge in [-0.2, -0.15) is 0 Å². The highest BCUT2D eigenvalue weighted by molar-refractivity contribution is 9.09. The second-order valence-electron chi connectivity index (χ2n) is 5.01. The predicted octanol–water partition coefficient (Wildman–Crippen LogP) is 5.10. The summed E-state index contributed by atoms with van der Waals surface area (Å²) in [4.78, 5) is 4.22. The van der Waals surface area contributed by atoms with Crippen molar-refractivity contribution >= 4 is 33.7 Å². The Hall–Kier alpha value is -0.780. The largest absolute Gasteiger partial charge is 0.294 e. The molecular weight excluding hydrogens is 374 g/mol. The Morgan fingerprint density at radius 2 is 2.05 bits per heavy atom. The summed E-state index contributed by atoms with van der Waals surface area (Å²) in [6, 6.07) is 2.20. The number of hydrogen-bond donors (Lipinski definition) is 1. The summed E-state index contributed by atoms with van der Waals surface area (Å²) in [5.41, 5.74) is 1.05. The summed E-state index contributed by atoms with van der Waals surface area (Å²) in [5, 5.41) is 3.66. The van der Waals surface area contributed by atoms with Gasteiger partial charge in [0.15, 0.2) is 0 Å². The average Bonchev–Trinajstić information content (AvgIpc) is 2.47. The lowest BCUT2D eigenvalue weighted by Crippen LogP contribution is -2.15. The van der Waals surface area contributed by atoms with Crippen LogP contribution in [0.25, 0.3) is 0 Å². The van der Waals surface area contributed by atoms with Crippen LogP contribution in [-0.4, -0.2) is 18.2 Å². The lowest BCUT2D eigenvalue weighted by atomic mass is 10.1. The van der Waals surface area contributed by atoms with Gasteiger partial charge in [-0.05, 0) is 23.6 Å². The van der Waals surface area contributed by atoms with Crippen LogP contribution in [0.3, 0.4) is 0 Å². The van der Waals surface area contributed by atoms with E-state index in [1.165, 1.54) is 0 Å². The fourth-order valence-electron chi connectivity index (χ4n) is 1.75. The van der Waals surface area contributed by atoms with E-state index in [1.807, 2.05) is 0 Å². The SMILES string of the molecule is CCC(C)C=C(C=NCNCc1c(F)cc(Cl)cc1F)CBr. The van der Waals surface area contributed by atoms with Crippen LogP contribution in [0.4, 0.5) is 8.78 Å². The smallest absolute Gasteiger partial charge is 0.132 e. The molecular formula is C16H20BrClF2N2. The fraction of sp³-hybridized carbons (Fsp3) is 0.438. The van der Waals surface area contributed by atoms with Crippen molar-refractivity contribution in [1.29, 1.82) is 0 Å². The molecule has 1 unspecified atom stereocenters. The number of aliphatic imine (C=N–C) groups is 1. The van der Waals surface area contributed by atoms with E-state index in [0.717, 1.165) is 29.5 Å². The van der Waals surface area contributed by atoms with Crippen LogP contribution < -0.4 is 5.32 Å². The van der Waals surface area contributed by atoms with E-state index in [4.69, 9.17) is 11.6 Å². The molecule has 0 aromatic heterocycles. The first-order valence-corrected chi connectivity index (χ1v) is 8.58. The lowest BCUT2D eigenvalue weighted by Gasteiger charge is -2.06. The summed E-state index contributed by atoms with van der Waals surface area (Å²) in [6.45, 7) is 4.61. The third-order valence-electron chi connectivity index (χ3n) is 3.16. The standard InChI is InChI=1S/C16H20BrClF2N2/c1-3-11(2)4-12(7-17)8-21-10-22-9-14-15(19)5-13(18)6-16(14)20/h4-6,8,11,22H,3,7,9-10H2,1-2H3. The van der Waals surface area contributed by atoms with Crippen LogP contribution in [0.1, 0.15) is 25.8 Å². The molecule has 2 nitrogen and oxygen atoms in total. The van der Waals surface area contributed by atoms with E-state index in [2.05, 4.69) is 46.2 Å². The molecule has 0 radical (unpaired) electrons. The number of nitrogens with zero attached hydrogens (tertiary/aromatic N) is 1. The molecule has 22 heavy (non-hydrogen) atoms. The van der Waals surface area contributed by atoms with Crippen molar-refractivity contribution in [2.75, 3.05) is 12.0 Å². The van der Waals surface area contributed by atoms with Gasteiger partial charge in [0.25, 0.3) is 0 Å². The molecule has 0 aliphatic heterocycles. The van der Waals surface area contributed by atoms with Crippen molar-refractivity contribution < 1.29 is 8.78 Å².